The first-order valence-electron chi connectivity index (χ1n) is 8.42. The Bertz CT molecular complexity index is 1110. The second kappa shape index (κ2) is 8.36. The van der Waals surface area contributed by atoms with E-state index in [1.807, 2.05) is 0 Å². The Labute approximate surface area is 166 Å². The zero-order valence-corrected chi connectivity index (χ0v) is 16.0. The number of esters is 1. The Morgan fingerprint density at radius 1 is 1.07 bits per heavy atom. The van der Waals surface area contributed by atoms with Crippen LogP contribution in [0, 0.1) is 18.6 Å². The van der Waals surface area contributed by atoms with Gasteiger partial charge in [-0.3, -0.25) is 9.71 Å². The van der Waals surface area contributed by atoms with Crippen molar-refractivity contribution in [1.82, 2.24) is 4.98 Å². The van der Waals surface area contributed by atoms with Gasteiger partial charge in [-0.1, -0.05) is 30.3 Å². The van der Waals surface area contributed by atoms with Crippen LogP contribution in [-0.4, -0.2) is 19.4 Å². The minimum absolute atomic E-state index is 0.159. The molecule has 0 fully saturated rings. The van der Waals surface area contributed by atoms with Crippen molar-refractivity contribution >= 4 is 21.7 Å². The van der Waals surface area contributed by atoms with Gasteiger partial charge in [0.2, 0.25) is 0 Å². The third-order valence-electron chi connectivity index (χ3n) is 3.91. The molecule has 0 atom stereocenters. The molecule has 0 unspecified atom stereocenters. The number of rotatable bonds is 6. The Kier molecular flexibility index (Phi) is 5.88. The predicted molar refractivity (Wildman–Crippen MR) is 102 cm³/mol. The zero-order chi connectivity index (χ0) is 21.0. The van der Waals surface area contributed by atoms with Crippen LogP contribution in [0.1, 0.15) is 21.6 Å². The molecule has 0 saturated heterocycles. The van der Waals surface area contributed by atoms with Crippen molar-refractivity contribution in [2.45, 2.75) is 18.4 Å². The highest BCUT2D eigenvalue weighted by molar-refractivity contribution is 7.92. The summed E-state index contributed by atoms with van der Waals surface area (Å²) in [5.41, 5.74) is -0.0155. The number of hydrogen-bond donors (Lipinski definition) is 1. The van der Waals surface area contributed by atoms with Gasteiger partial charge in [0.05, 0.1) is 5.69 Å². The molecule has 0 aliphatic carbocycles. The highest BCUT2D eigenvalue weighted by Crippen LogP contribution is 2.23. The quantitative estimate of drug-likeness (QED) is 0.615. The number of carbonyl (C=O) groups excluding carboxylic acids is 1. The van der Waals surface area contributed by atoms with Crippen LogP contribution >= 0.6 is 0 Å². The summed E-state index contributed by atoms with van der Waals surface area (Å²) in [5.74, 6) is -3.69. The molecule has 0 aliphatic heterocycles. The van der Waals surface area contributed by atoms with Gasteiger partial charge in [-0.05, 0) is 36.8 Å². The first-order valence-corrected chi connectivity index (χ1v) is 9.90. The number of benzene rings is 2. The van der Waals surface area contributed by atoms with E-state index in [-0.39, 0.29) is 17.2 Å². The van der Waals surface area contributed by atoms with E-state index < -0.39 is 33.2 Å². The van der Waals surface area contributed by atoms with E-state index in [1.165, 1.54) is 12.1 Å². The number of aromatic nitrogens is 1. The molecule has 0 amide bonds. The fraction of sp³-hybridized carbons (Fsp3) is 0.100. The van der Waals surface area contributed by atoms with Crippen LogP contribution in [-0.2, 0) is 21.4 Å². The van der Waals surface area contributed by atoms with Gasteiger partial charge >= 0.3 is 5.97 Å². The summed E-state index contributed by atoms with van der Waals surface area (Å²) in [5, 5.41) is 0. The van der Waals surface area contributed by atoms with Crippen molar-refractivity contribution in [3.05, 3.63) is 89.2 Å². The van der Waals surface area contributed by atoms with Crippen molar-refractivity contribution in [2.24, 2.45) is 0 Å². The summed E-state index contributed by atoms with van der Waals surface area (Å²) in [4.78, 5) is 15.8. The van der Waals surface area contributed by atoms with E-state index in [0.29, 0.717) is 23.4 Å². The largest absolute Gasteiger partial charge is 0.457 e. The number of anilines is 1. The number of nitrogens with one attached hydrogen (secondary N) is 1. The Morgan fingerprint density at radius 3 is 2.31 bits per heavy atom. The number of hydrogen-bond acceptors (Lipinski definition) is 5. The van der Waals surface area contributed by atoms with Crippen molar-refractivity contribution in [3.63, 3.8) is 0 Å². The number of ether oxygens (including phenoxy) is 1. The summed E-state index contributed by atoms with van der Waals surface area (Å²) in [6.07, 6.45) is 1.12. The average molecular weight is 418 g/mol. The molecule has 0 saturated carbocycles. The molecule has 0 radical (unpaired) electrons. The van der Waals surface area contributed by atoms with Crippen molar-refractivity contribution in [3.8, 4) is 0 Å². The maximum atomic E-state index is 14.3. The van der Waals surface area contributed by atoms with Gasteiger partial charge in [0.25, 0.3) is 10.0 Å². The maximum absolute atomic E-state index is 14.3. The molecule has 0 aliphatic rings. The number of carbonyl (C=O) groups is 1. The third kappa shape index (κ3) is 4.94. The van der Waals surface area contributed by atoms with E-state index in [2.05, 4.69) is 9.71 Å². The first kappa shape index (κ1) is 20.4. The van der Waals surface area contributed by atoms with E-state index in [9.17, 15) is 22.0 Å². The van der Waals surface area contributed by atoms with Crippen LogP contribution in [0.4, 0.5) is 14.5 Å². The smallest absolute Gasteiger partial charge is 0.344 e. The standard InChI is InChI=1S/C20H16F2N2O4S/c1-13-7-8-16(11-23-13)29(26,27)24-15-9-17(21)19(18(22)10-15)20(25)28-12-14-5-3-2-4-6-14/h2-11,24H,12H2,1H3. The predicted octanol–water partition coefficient (Wildman–Crippen LogP) is 3.83. The molecule has 3 aromatic rings. The summed E-state index contributed by atoms with van der Waals surface area (Å²) < 4.78 is 60.3. The molecule has 1 heterocycles. The zero-order valence-electron chi connectivity index (χ0n) is 15.2. The lowest BCUT2D eigenvalue weighted by Crippen LogP contribution is -2.15. The second-order valence-corrected chi connectivity index (χ2v) is 7.80. The molecule has 2 aromatic carbocycles. The monoisotopic (exact) mass is 418 g/mol. The molecule has 0 bridgehead atoms. The van der Waals surface area contributed by atoms with Crippen LogP contribution in [0.2, 0.25) is 0 Å². The van der Waals surface area contributed by atoms with E-state index in [0.717, 1.165) is 6.20 Å². The van der Waals surface area contributed by atoms with Crippen LogP contribution in [0.25, 0.3) is 0 Å². The highest BCUT2D eigenvalue weighted by atomic mass is 32.2. The van der Waals surface area contributed by atoms with E-state index >= 15 is 0 Å². The molecular formula is C20H16F2N2O4S. The number of pyridine rings is 1. The summed E-state index contributed by atoms with van der Waals surface area (Å²) in [6.45, 7) is 1.53. The van der Waals surface area contributed by atoms with Crippen LogP contribution in [0.3, 0.4) is 0 Å². The van der Waals surface area contributed by atoms with Crippen molar-refractivity contribution in [2.75, 3.05) is 4.72 Å². The lowest BCUT2D eigenvalue weighted by atomic mass is 10.2. The van der Waals surface area contributed by atoms with E-state index in [4.69, 9.17) is 4.74 Å². The van der Waals surface area contributed by atoms with Crippen LogP contribution in [0.15, 0.2) is 65.7 Å². The fourth-order valence-corrected chi connectivity index (χ4v) is 3.43. The van der Waals surface area contributed by atoms with Gasteiger partial charge in [0.1, 0.15) is 28.7 Å². The highest BCUT2D eigenvalue weighted by Gasteiger charge is 2.22. The van der Waals surface area contributed by atoms with Gasteiger partial charge in [-0.2, -0.15) is 0 Å². The molecule has 29 heavy (non-hydrogen) atoms. The Balaban J connectivity index is 1.78. The second-order valence-electron chi connectivity index (χ2n) is 6.12. The topological polar surface area (TPSA) is 85.4 Å². The lowest BCUT2D eigenvalue weighted by Gasteiger charge is -2.11. The van der Waals surface area contributed by atoms with Gasteiger partial charge in [0.15, 0.2) is 0 Å². The summed E-state index contributed by atoms with van der Waals surface area (Å²) in [7, 11) is -4.10. The number of aryl methyl sites for hydroxylation is 1. The lowest BCUT2D eigenvalue weighted by molar-refractivity contribution is 0.0461. The normalized spacial score (nSPS) is 11.1. The molecular weight excluding hydrogens is 402 g/mol. The van der Waals surface area contributed by atoms with Crippen molar-refractivity contribution < 1.29 is 26.7 Å². The fourth-order valence-electron chi connectivity index (χ4n) is 2.45. The van der Waals surface area contributed by atoms with E-state index in [1.54, 1.807) is 37.3 Å². The molecule has 9 heteroatoms. The molecule has 6 nitrogen and oxygen atoms in total. The van der Waals surface area contributed by atoms with Crippen LogP contribution < -0.4 is 4.72 Å². The Hall–Kier alpha value is -3.33. The molecule has 1 aromatic heterocycles. The minimum atomic E-state index is -4.10. The first-order chi connectivity index (χ1) is 13.8. The molecule has 3 rings (SSSR count). The summed E-state index contributed by atoms with van der Waals surface area (Å²) >= 11 is 0. The maximum Gasteiger partial charge on any atom is 0.344 e. The Morgan fingerprint density at radius 2 is 1.72 bits per heavy atom. The van der Waals surface area contributed by atoms with Gasteiger partial charge in [0, 0.05) is 11.9 Å². The van der Waals surface area contributed by atoms with Gasteiger partial charge < -0.3 is 4.74 Å². The number of halogens is 2. The molecule has 0 spiro atoms. The summed E-state index contributed by atoms with van der Waals surface area (Å²) in [6, 6.07) is 12.8. The van der Waals surface area contributed by atoms with Crippen LogP contribution in [0.5, 0.6) is 0 Å². The average Bonchev–Trinajstić information content (AvgIpc) is 2.66. The number of sulfonamides is 1. The number of nitrogens with zero attached hydrogens (tertiary/aromatic N) is 1. The SMILES string of the molecule is Cc1ccc(S(=O)(=O)Nc2cc(F)c(C(=O)OCc3ccccc3)c(F)c2)cn1. The van der Waals surface area contributed by atoms with Gasteiger partial charge in [-0.25, -0.2) is 22.0 Å². The van der Waals surface area contributed by atoms with Gasteiger partial charge in [-0.15, -0.1) is 0 Å². The molecule has 150 valence electrons. The molecule has 1 N–H and O–H groups in total. The van der Waals surface area contributed by atoms with Crippen molar-refractivity contribution in [1.29, 1.82) is 0 Å². The third-order valence-corrected chi connectivity index (χ3v) is 5.27. The minimum Gasteiger partial charge on any atom is -0.457 e.